The summed E-state index contributed by atoms with van der Waals surface area (Å²) in [5, 5.41) is 0.672. The summed E-state index contributed by atoms with van der Waals surface area (Å²) in [4.78, 5) is 20.4. The molecule has 0 saturated carbocycles. The highest BCUT2D eigenvalue weighted by molar-refractivity contribution is 7.89. The molecule has 0 bridgehead atoms. The summed E-state index contributed by atoms with van der Waals surface area (Å²) in [6.07, 6.45) is 1.74. The van der Waals surface area contributed by atoms with Crippen molar-refractivity contribution in [1.29, 1.82) is 0 Å². The maximum Gasteiger partial charge on any atom is 0.294 e. The van der Waals surface area contributed by atoms with Crippen molar-refractivity contribution >= 4 is 21.9 Å². The molecule has 0 aliphatic heterocycles. The number of benzene rings is 2. The topological polar surface area (TPSA) is 105 Å². The Morgan fingerprint density at radius 1 is 1.07 bits per heavy atom. The van der Waals surface area contributed by atoms with Gasteiger partial charge in [-0.15, -0.1) is 9.46 Å². The molecule has 0 fully saturated rings. The molecule has 0 aliphatic carbocycles. The Morgan fingerprint density at radius 2 is 1.68 bits per heavy atom. The predicted octanol–water partition coefficient (Wildman–Crippen LogP) is 1.50. The maximum absolute atomic E-state index is 12.8. The summed E-state index contributed by atoms with van der Waals surface area (Å²) in [6.45, 7) is 0.896. The number of amides is 1. The first kappa shape index (κ1) is 21.4. The molecule has 0 spiro atoms. The zero-order valence-corrected chi connectivity index (χ0v) is 16.9. The first-order chi connectivity index (χ1) is 13.2. The highest BCUT2D eigenvalue weighted by Crippen LogP contribution is 2.16. The van der Waals surface area contributed by atoms with Gasteiger partial charge in [-0.05, 0) is 50.3 Å². The molecule has 0 heterocycles. The quantitative estimate of drug-likeness (QED) is 0.426. The third-order valence-corrected chi connectivity index (χ3v) is 4.16. The van der Waals surface area contributed by atoms with E-state index >= 15 is 0 Å². The summed E-state index contributed by atoms with van der Waals surface area (Å²) in [5.41, 5.74) is 7.12. The van der Waals surface area contributed by atoms with E-state index in [1.165, 1.54) is 0 Å². The van der Waals surface area contributed by atoms with E-state index in [0.29, 0.717) is 10.8 Å². The molecule has 9 heteroatoms. The molecular weight excluding hydrogens is 380 g/mol. The van der Waals surface area contributed by atoms with E-state index in [2.05, 4.69) is 9.30 Å². The fourth-order valence-corrected chi connectivity index (χ4v) is 2.69. The Labute approximate surface area is 165 Å². The number of sulfonamides is 1. The molecular formula is C19H24N4O4S. The van der Waals surface area contributed by atoms with Crippen LogP contribution in [0.15, 0.2) is 59.0 Å². The molecule has 0 atom stereocenters. The van der Waals surface area contributed by atoms with Crippen molar-refractivity contribution in [3.63, 3.8) is 0 Å². The number of hydroxylamine groups is 2. The second kappa shape index (κ2) is 9.34. The third-order valence-electron chi connectivity index (χ3n) is 3.64. The monoisotopic (exact) mass is 404 g/mol. The number of rotatable bonds is 7. The van der Waals surface area contributed by atoms with Crippen LogP contribution in [0.5, 0.6) is 5.75 Å². The van der Waals surface area contributed by atoms with Gasteiger partial charge in [0.25, 0.3) is 15.9 Å². The summed E-state index contributed by atoms with van der Waals surface area (Å²) >= 11 is 0. The summed E-state index contributed by atoms with van der Waals surface area (Å²) in [6, 6.07) is 15.3. The molecule has 28 heavy (non-hydrogen) atoms. The van der Waals surface area contributed by atoms with Crippen LogP contribution >= 0.6 is 0 Å². The molecule has 0 unspecified atom stereocenters. The van der Waals surface area contributed by atoms with Gasteiger partial charge in [-0.1, -0.05) is 30.3 Å². The standard InChI is InChI=1S/C19H24N4O4S/c1-22(2)14-13-15-9-11-17(12-10-15)27-23(19(20)21-28(3,25)26)18(24)16-7-5-4-6-8-16/h4-12H,13-14H2,1-3H3,(H2,20,21). The van der Waals surface area contributed by atoms with E-state index in [4.69, 9.17) is 10.6 Å². The number of carbonyl (C=O) groups excluding carboxylic acids is 1. The van der Waals surface area contributed by atoms with Gasteiger partial charge in [-0.25, -0.2) is 8.42 Å². The van der Waals surface area contributed by atoms with Gasteiger partial charge in [0.15, 0.2) is 5.75 Å². The number of hydrogen-bond acceptors (Lipinski definition) is 5. The van der Waals surface area contributed by atoms with Crippen molar-refractivity contribution < 1.29 is 18.0 Å². The second-order valence-corrected chi connectivity index (χ2v) is 8.09. The number of nitrogens with two attached hydrogens (primary N) is 1. The van der Waals surface area contributed by atoms with Crippen LogP contribution in [0, 0.1) is 0 Å². The average molecular weight is 404 g/mol. The van der Waals surface area contributed by atoms with Gasteiger partial charge in [-0.3, -0.25) is 4.79 Å². The fourth-order valence-electron chi connectivity index (χ4n) is 2.27. The van der Waals surface area contributed by atoms with Crippen molar-refractivity contribution in [3.05, 3.63) is 65.7 Å². The maximum atomic E-state index is 12.8. The van der Waals surface area contributed by atoms with Crippen LogP contribution in [-0.4, -0.2) is 57.1 Å². The Balaban J connectivity index is 2.27. The summed E-state index contributed by atoms with van der Waals surface area (Å²) < 4.78 is 26.3. The Morgan fingerprint density at radius 3 is 2.21 bits per heavy atom. The lowest BCUT2D eigenvalue weighted by molar-refractivity contribution is 0.0160. The van der Waals surface area contributed by atoms with Gasteiger partial charge in [0.2, 0.25) is 5.96 Å². The second-order valence-electron chi connectivity index (χ2n) is 6.44. The Hall–Kier alpha value is -2.91. The normalized spacial score (nSPS) is 12.1. The molecule has 1 amide bonds. The number of likely N-dealkylation sites (N-methyl/N-ethyl adjacent to an activating group) is 1. The molecule has 2 aromatic carbocycles. The third kappa shape index (κ3) is 6.67. The molecule has 0 aliphatic rings. The van der Waals surface area contributed by atoms with E-state index in [0.717, 1.165) is 24.8 Å². The van der Waals surface area contributed by atoms with Crippen LogP contribution in [0.4, 0.5) is 0 Å². The van der Waals surface area contributed by atoms with Gasteiger partial charge >= 0.3 is 0 Å². The zero-order chi connectivity index (χ0) is 20.7. The van der Waals surface area contributed by atoms with Crippen LogP contribution in [0.25, 0.3) is 0 Å². The largest absolute Gasteiger partial charge is 0.369 e. The molecule has 2 aromatic rings. The van der Waals surface area contributed by atoms with Crippen LogP contribution in [0.2, 0.25) is 0 Å². The van der Waals surface area contributed by atoms with Crippen LogP contribution in [-0.2, 0) is 16.4 Å². The van der Waals surface area contributed by atoms with Crippen LogP contribution < -0.4 is 10.6 Å². The zero-order valence-electron chi connectivity index (χ0n) is 16.1. The van der Waals surface area contributed by atoms with Crippen LogP contribution in [0.3, 0.4) is 0 Å². The first-order valence-corrected chi connectivity index (χ1v) is 10.4. The molecule has 8 nitrogen and oxygen atoms in total. The van der Waals surface area contributed by atoms with Crippen molar-refractivity contribution in [3.8, 4) is 5.75 Å². The number of carbonyl (C=O) groups is 1. The number of hydrogen-bond donors (Lipinski definition) is 1. The fraction of sp³-hybridized carbons (Fsp3) is 0.263. The smallest absolute Gasteiger partial charge is 0.294 e. The first-order valence-electron chi connectivity index (χ1n) is 8.52. The Kier molecular flexibility index (Phi) is 7.13. The van der Waals surface area contributed by atoms with Crippen LogP contribution in [0.1, 0.15) is 15.9 Å². The predicted molar refractivity (Wildman–Crippen MR) is 108 cm³/mol. The van der Waals surface area contributed by atoms with Gasteiger partial charge in [0, 0.05) is 12.1 Å². The molecule has 0 radical (unpaired) electrons. The summed E-state index contributed by atoms with van der Waals surface area (Å²) in [7, 11) is 0.175. The minimum atomic E-state index is -3.81. The van der Waals surface area contributed by atoms with E-state index in [9.17, 15) is 13.2 Å². The van der Waals surface area contributed by atoms with E-state index < -0.39 is 21.9 Å². The number of nitrogens with zero attached hydrogens (tertiary/aromatic N) is 3. The van der Waals surface area contributed by atoms with Gasteiger partial charge < -0.3 is 15.5 Å². The lowest BCUT2D eigenvalue weighted by atomic mass is 10.1. The highest BCUT2D eigenvalue weighted by atomic mass is 32.2. The van der Waals surface area contributed by atoms with Crippen molar-refractivity contribution in [2.24, 2.45) is 10.1 Å². The number of guanidine groups is 1. The highest BCUT2D eigenvalue weighted by Gasteiger charge is 2.23. The minimum Gasteiger partial charge on any atom is -0.369 e. The lowest BCUT2D eigenvalue weighted by Gasteiger charge is -2.21. The van der Waals surface area contributed by atoms with Gasteiger partial charge in [0.05, 0.1) is 6.26 Å². The lowest BCUT2D eigenvalue weighted by Crippen LogP contribution is -2.44. The molecule has 0 saturated heterocycles. The van der Waals surface area contributed by atoms with E-state index in [1.807, 2.05) is 26.2 Å². The molecule has 150 valence electrons. The Bertz CT molecular complexity index is 926. The van der Waals surface area contributed by atoms with Crippen molar-refractivity contribution in [2.75, 3.05) is 26.9 Å². The SMILES string of the molecule is CN(C)CCc1ccc(ON(C(=O)c2ccccc2)C(N)=NS(C)(=O)=O)cc1. The van der Waals surface area contributed by atoms with Crippen molar-refractivity contribution in [2.45, 2.75) is 6.42 Å². The molecule has 2 rings (SSSR count). The average Bonchev–Trinajstić information content (AvgIpc) is 2.64. The summed E-state index contributed by atoms with van der Waals surface area (Å²) in [5.74, 6) is -0.889. The molecule has 0 aromatic heterocycles. The van der Waals surface area contributed by atoms with Gasteiger partial charge in [-0.2, -0.15) is 0 Å². The van der Waals surface area contributed by atoms with E-state index in [-0.39, 0.29) is 5.56 Å². The van der Waals surface area contributed by atoms with Gasteiger partial charge in [0.1, 0.15) is 0 Å². The molecule has 2 N–H and O–H groups in total. The van der Waals surface area contributed by atoms with E-state index in [1.54, 1.807) is 42.5 Å². The van der Waals surface area contributed by atoms with Crippen molar-refractivity contribution in [1.82, 2.24) is 9.96 Å². The minimum absolute atomic E-state index is 0.275.